The predicted molar refractivity (Wildman–Crippen MR) is 150 cm³/mol. The molecular formula is C30H32F2N6O5. The number of ether oxygens (including phenoxy) is 3. The number of rotatable bonds is 10. The molecule has 1 aromatic carbocycles. The Bertz CT molecular complexity index is 1610. The van der Waals surface area contributed by atoms with E-state index in [1.54, 1.807) is 30.5 Å². The lowest BCUT2D eigenvalue weighted by atomic mass is 10.0. The highest BCUT2D eigenvalue weighted by Crippen LogP contribution is 2.27. The zero-order valence-corrected chi connectivity index (χ0v) is 23.7. The van der Waals surface area contributed by atoms with Gasteiger partial charge in [0.15, 0.2) is 11.6 Å². The maximum absolute atomic E-state index is 13.8. The number of carboxylic acid groups (broad SMARTS) is 1. The Labute approximate surface area is 246 Å². The number of hydrogen-bond donors (Lipinski definition) is 1. The summed E-state index contributed by atoms with van der Waals surface area (Å²) >= 11 is 0. The van der Waals surface area contributed by atoms with Crippen molar-refractivity contribution in [3.05, 3.63) is 71.6 Å². The summed E-state index contributed by atoms with van der Waals surface area (Å²) in [6, 6.07) is 7.60. The van der Waals surface area contributed by atoms with Crippen LogP contribution in [0.5, 0.6) is 11.8 Å². The van der Waals surface area contributed by atoms with Crippen molar-refractivity contribution in [1.29, 1.82) is 0 Å². The number of imidazole rings is 1. The van der Waals surface area contributed by atoms with Crippen molar-refractivity contribution in [2.24, 2.45) is 0 Å². The summed E-state index contributed by atoms with van der Waals surface area (Å²) in [5, 5.41) is 9.54. The van der Waals surface area contributed by atoms with Gasteiger partial charge in [-0.05, 0) is 50.8 Å². The van der Waals surface area contributed by atoms with Crippen LogP contribution in [-0.2, 0) is 24.4 Å². The van der Waals surface area contributed by atoms with Crippen LogP contribution in [0, 0.1) is 11.6 Å². The van der Waals surface area contributed by atoms with Crippen LogP contribution < -0.4 is 9.47 Å². The van der Waals surface area contributed by atoms with E-state index in [-0.39, 0.29) is 42.1 Å². The maximum Gasteiger partial charge on any atom is 0.335 e. The second-order valence-electron chi connectivity index (χ2n) is 10.9. The third-order valence-electron chi connectivity index (χ3n) is 7.87. The van der Waals surface area contributed by atoms with E-state index in [0.717, 1.165) is 61.9 Å². The molecule has 0 saturated carbocycles. The highest BCUT2D eigenvalue weighted by Gasteiger charge is 2.29. The van der Waals surface area contributed by atoms with Gasteiger partial charge in [0.1, 0.15) is 24.4 Å². The third kappa shape index (κ3) is 6.73. The van der Waals surface area contributed by atoms with E-state index < -0.39 is 17.6 Å². The Morgan fingerprint density at radius 2 is 2.05 bits per heavy atom. The molecule has 4 aromatic rings. The van der Waals surface area contributed by atoms with Crippen molar-refractivity contribution in [1.82, 2.24) is 29.4 Å². The van der Waals surface area contributed by atoms with Gasteiger partial charge in [-0.2, -0.15) is 4.98 Å². The molecule has 3 aromatic heterocycles. The molecule has 1 N–H and O–H groups in total. The normalized spacial score (nSPS) is 20.9. The first-order valence-electron chi connectivity index (χ1n) is 14.3. The summed E-state index contributed by atoms with van der Waals surface area (Å²) < 4.78 is 46.4. The summed E-state index contributed by atoms with van der Waals surface area (Å²) in [7, 11) is 0. The Balaban J connectivity index is 1.10. The van der Waals surface area contributed by atoms with Gasteiger partial charge in [-0.25, -0.2) is 28.5 Å². The smallest absolute Gasteiger partial charge is 0.335 e. The van der Waals surface area contributed by atoms with Crippen molar-refractivity contribution in [2.45, 2.75) is 70.6 Å². The van der Waals surface area contributed by atoms with Crippen LogP contribution in [0.3, 0.4) is 0 Å². The molecule has 6 rings (SSSR count). The number of aromatic nitrogens is 5. The van der Waals surface area contributed by atoms with Gasteiger partial charge in [-0.3, -0.25) is 4.90 Å². The third-order valence-corrected chi connectivity index (χ3v) is 7.87. The maximum atomic E-state index is 13.8. The standard InChI is InChI=1S/C30H32F2N6O5/c1-18-11-21(43-28-6-8-33-26(36-28)17-42-29-23(32)13-20(31)14-34-29)7-9-37(18)16-27-35-24-5-4-19(30(39)40)12-25(24)38(27)15-22-3-2-10-41-22/h4-6,8,12-14,18,21-22H,2-3,7,9-11,15-17H2,1H3,(H,39,40)/t18-,21-,22-/m0/s1. The quantitative estimate of drug-likeness (QED) is 0.283. The van der Waals surface area contributed by atoms with Crippen LogP contribution in [-0.4, -0.2) is 71.9 Å². The molecule has 2 fully saturated rings. The highest BCUT2D eigenvalue weighted by atomic mass is 19.1. The average Bonchev–Trinajstić information content (AvgIpc) is 3.62. The summed E-state index contributed by atoms with van der Waals surface area (Å²) in [6.45, 7) is 4.75. The van der Waals surface area contributed by atoms with Crippen molar-refractivity contribution in [3.8, 4) is 11.8 Å². The first kappa shape index (κ1) is 28.9. The second kappa shape index (κ2) is 12.6. The Hall–Kier alpha value is -4.23. The molecule has 226 valence electrons. The van der Waals surface area contributed by atoms with Gasteiger partial charge in [-0.1, -0.05) is 0 Å². The van der Waals surface area contributed by atoms with E-state index in [9.17, 15) is 18.7 Å². The number of pyridine rings is 1. The second-order valence-corrected chi connectivity index (χ2v) is 10.9. The monoisotopic (exact) mass is 594 g/mol. The molecular weight excluding hydrogens is 562 g/mol. The van der Waals surface area contributed by atoms with Gasteiger partial charge < -0.3 is 23.9 Å². The van der Waals surface area contributed by atoms with E-state index in [1.807, 2.05) is 0 Å². The van der Waals surface area contributed by atoms with Crippen molar-refractivity contribution in [3.63, 3.8) is 0 Å². The number of fused-ring (bicyclic) bond motifs is 1. The van der Waals surface area contributed by atoms with E-state index in [0.29, 0.717) is 25.0 Å². The largest absolute Gasteiger partial charge is 0.478 e. The number of halogens is 2. The van der Waals surface area contributed by atoms with Gasteiger partial charge in [0.05, 0.1) is 42.0 Å². The number of hydrogen-bond acceptors (Lipinski definition) is 9. The van der Waals surface area contributed by atoms with Crippen LogP contribution >= 0.6 is 0 Å². The Morgan fingerprint density at radius 1 is 1.16 bits per heavy atom. The first-order chi connectivity index (χ1) is 20.8. The molecule has 5 heterocycles. The molecule has 3 atom stereocenters. The Kier molecular flexibility index (Phi) is 8.43. The summed E-state index contributed by atoms with van der Waals surface area (Å²) in [6.07, 6.45) is 5.93. The minimum atomic E-state index is -0.967. The number of carboxylic acids is 1. The summed E-state index contributed by atoms with van der Waals surface area (Å²) in [4.78, 5) is 31.0. The molecule has 2 aliphatic rings. The fourth-order valence-electron chi connectivity index (χ4n) is 5.65. The van der Waals surface area contributed by atoms with Crippen LogP contribution in [0.4, 0.5) is 8.78 Å². The molecule has 2 saturated heterocycles. The van der Waals surface area contributed by atoms with E-state index >= 15 is 0 Å². The lowest BCUT2D eigenvalue weighted by Gasteiger charge is -2.37. The topological polar surface area (TPSA) is 125 Å². The lowest BCUT2D eigenvalue weighted by molar-refractivity contribution is 0.0524. The zero-order valence-electron chi connectivity index (χ0n) is 23.7. The number of likely N-dealkylation sites (tertiary alicyclic amines) is 1. The molecule has 11 nitrogen and oxygen atoms in total. The molecule has 13 heteroatoms. The van der Waals surface area contributed by atoms with Crippen LogP contribution in [0.25, 0.3) is 11.0 Å². The van der Waals surface area contributed by atoms with E-state index in [1.165, 1.54) is 0 Å². The van der Waals surface area contributed by atoms with E-state index in [4.69, 9.17) is 19.2 Å². The molecule has 43 heavy (non-hydrogen) atoms. The predicted octanol–water partition coefficient (Wildman–Crippen LogP) is 4.39. The minimum Gasteiger partial charge on any atom is -0.478 e. The molecule has 0 aliphatic carbocycles. The molecule has 0 spiro atoms. The number of piperidine rings is 1. The van der Waals surface area contributed by atoms with Crippen molar-refractivity contribution in [2.75, 3.05) is 13.2 Å². The summed E-state index contributed by atoms with van der Waals surface area (Å²) in [5.41, 5.74) is 1.81. The number of carbonyl (C=O) groups is 1. The molecule has 0 bridgehead atoms. The number of nitrogens with zero attached hydrogens (tertiary/aromatic N) is 6. The van der Waals surface area contributed by atoms with Gasteiger partial charge >= 0.3 is 5.97 Å². The van der Waals surface area contributed by atoms with E-state index in [2.05, 4.69) is 31.3 Å². The average molecular weight is 595 g/mol. The fourth-order valence-corrected chi connectivity index (χ4v) is 5.65. The molecule has 0 radical (unpaired) electrons. The lowest BCUT2D eigenvalue weighted by Crippen LogP contribution is -2.44. The van der Waals surface area contributed by atoms with Crippen LogP contribution in [0.15, 0.2) is 42.7 Å². The Morgan fingerprint density at radius 3 is 2.81 bits per heavy atom. The molecule has 0 unspecified atom stereocenters. The minimum absolute atomic E-state index is 0.0741. The van der Waals surface area contributed by atoms with Gasteiger partial charge in [-0.15, -0.1) is 0 Å². The van der Waals surface area contributed by atoms with Crippen LogP contribution in [0.2, 0.25) is 0 Å². The number of benzene rings is 1. The SMILES string of the molecule is C[C@H]1C[C@@H](Oc2ccnc(COc3ncc(F)cc3F)n2)CCN1Cc1nc2ccc(C(=O)O)cc2n1C[C@@H]1CCCO1. The van der Waals surface area contributed by atoms with Gasteiger partial charge in [0.2, 0.25) is 5.88 Å². The first-order valence-corrected chi connectivity index (χ1v) is 14.3. The zero-order chi connectivity index (χ0) is 29.9. The highest BCUT2D eigenvalue weighted by molar-refractivity contribution is 5.92. The van der Waals surface area contributed by atoms with Gasteiger partial charge in [0, 0.05) is 37.5 Å². The van der Waals surface area contributed by atoms with Crippen LogP contribution in [0.1, 0.15) is 54.6 Å². The van der Waals surface area contributed by atoms with Gasteiger partial charge in [0.25, 0.3) is 5.88 Å². The molecule has 0 amide bonds. The fraction of sp³-hybridized carbons (Fsp3) is 0.433. The van der Waals surface area contributed by atoms with Crippen molar-refractivity contribution < 1.29 is 32.9 Å². The number of aromatic carboxylic acids is 1. The molecule has 2 aliphatic heterocycles. The summed E-state index contributed by atoms with van der Waals surface area (Å²) in [5.74, 6) is -1.44. The van der Waals surface area contributed by atoms with Crippen molar-refractivity contribution >= 4 is 17.0 Å².